The Hall–Kier alpha value is -0.450. The number of aliphatic hydroxyl groups excluding tert-OH is 1. The topological polar surface area (TPSA) is 32.3 Å². The number of benzene rings is 1. The Morgan fingerprint density at radius 2 is 2.19 bits per heavy atom. The van der Waals surface area contributed by atoms with Crippen LogP contribution < -0.4 is 5.32 Å². The third kappa shape index (κ3) is 5.58. The summed E-state index contributed by atoms with van der Waals surface area (Å²) in [6.45, 7) is 3.26. The predicted molar refractivity (Wildman–Crippen MR) is 66.7 cm³/mol. The zero-order valence-corrected chi connectivity index (χ0v) is 10.9. The van der Waals surface area contributed by atoms with Gasteiger partial charge < -0.3 is 10.4 Å². The lowest BCUT2D eigenvalue weighted by atomic mass is 10.2. The molecule has 0 aliphatic heterocycles. The van der Waals surface area contributed by atoms with Gasteiger partial charge in [0.25, 0.3) is 0 Å². The van der Waals surface area contributed by atoms with Gasteiger partial charge in [0.05, 0.1) is 6.10 Å². The van der Waals surface area contributed by atoms with Gasteiger partial charge in [-0.05, 0) is 50.1 Å². The van der Waals surface area contributed by atoms with E-state index in [9.17, 15) is 4.39 Å². The molecule has 1 aromatic carbocycles. The molecule has 1 unspecified atom stereocenters. The highest BCUT2D eigenvalue weighted by Crippen LogP contribution is 2.14. The van der Waals surface area contributed by atoms with Crippen molar-refractivity contribution in [1.82, 2.24) is 5.32 Å². The van der Waals surface area contributed by atoms with Crippen molar-refractivity contribution in [2.45, 2.75) is 32.4 Å². The number of hydrogen-bond acceptors (Lipinski definition) is 2. The van der Waals surface area contributed by atoms with Crippen LogP contribution in [0.1, 0.15) is 25.3 Å². The van der Waals surface area contributed by atoms with Gasteiger partial charge in [-0.2, -0.15) is 0 Å². The largest absolute Gasteiger partial charge is 0.393 e. The second-order valence-electron chi connectivity index (χ2n) is 3.95. The van der Waals surface area contributed by atoms with Crippen molar-refractivity contribution in [3.05, 3.63) is 34.1 Å². The third-order valence-electron chi connectivity index (χ3n) is 2.23. The Kier molecular flexibility index (Phi) is 5.95. The Morgan fingerprint density at radius 1 is 1.44 bits per heavy atom. The Labute approximate surface area is 104 Å². The van der Waals surface area contributed by atoms with E-state index >= 15 is 0 Å². The van der Waals surface area contributed by atoms with Crippen LogP contribution in [0.5, 0.6) is 0 Å². The first kappa shape index (κ1) is 13.6. The molecule has 90 valence electrons. The first-order valence-corrected chi connectivity index (χ1v) is 6.21. The van der Waals surface area contributed by atoms with Crippen LogP contribution in [-0.2, 0) is 6.54 Å². The number of nitrogens with one attached hydrogen (secondary N) is 1. The molecule has 0 amide bonds. The molecular formula is C12H17BrFNO. The molecule has 1 aromatic rings. The average molecular weight is 290 g/mol. The van der Waals surface area contributed by atoms with Gasteiger partial charge in [-0.1, -0.05) is 15.9 Å². The summed E-state index contributed by atoms with van der Waals surface area (Å²) in [5.74, 6) is -0.227. The Bertz CT molecular complexity index is 311. The zero-order chi connectivity index (χ0) is 12.0. The lowest BCUT2D eigenvalue weighted by Crippen LogP contribution is -2.16. The summed E-state index contributed by atoms with van der Waals surface area (Å²) < 4.78 is 13.8. The van der Waals surface area contributed by atoms with E-state index in [2.05, 4.69) is 21.2 Å². The minimum atomic E-state index is -0.245. The van der Waals surface area contributed by atoms with Crippen LogP contribution in [0.4, 0.5) is 4.39 Å². The molecule has 1 rings (SSSR count). The van der Waals surface area contributed by atoms with Crippen LogP contribution in [0.2, 0.25) is 0 Å². The normalized spacial score (nSPS) is 12.8. The molecule has 0 saturated carbocycles. The summed E-state index contributed by atoms with van der Waals surface area (Å²) in [6.07, 6.45) is 1.47. The van der Waals surface area contributed by atoms with Gasteiger partial charge in [0, 0.05) is 11.0 Å². The standard InChI is InChI=1S/C12H17BrFNO/c1-9(16)3-2-4-15-8-10-5-11(13)7-12(14)6-10/h5-7,9,15-16H,2-4,8H2,1H3. The average Bonchev–Trinajstić information content (AvgIpc) is 2.15. The van der Waals surface area contributed by atoms with Crippen LogP contribution in [0.25, 0.3) is 0 Å². The number of aliphatic hydroxyl groups is 1. The van der Waals surface area contributed by atoms with E-state index in [1.165, 1.54) is 12.1 Å². The van der Waals surface area contributed by atoms with Crippen molar-refractivity contribution in [1.29, 1.82) is 0 Å². The summed E-state index contributed by atoms with van der Waals surface area (Å²) in [5, 5.41) is 12.3. The van der Waals surface area contributed by atoms with Gasteiger partial charge in [-0.25, -0.2) is 4.39 Å². The molecule has 0 spiro atoms. The van der Waals surface area contributed by atoms with Crippen LogP contribution in [0, 0.1) is 5.82 Å². The molecule has 4 heteroatoms. The first-order valence-electron chi connectivity index (χ1n) is 5.41. The lowest BCUT2D eigenvalue weighted by molar-refractivity contribution is 0.181. The van der Waals surface area contributed by atoms with Gasteiger partial charge in [-0.3, -0.25) is 0 Å². The third-order valence-corrected chi connectivity index (χ3v) is 2.68. The number of rotatable bonds is 6. The fourth-order valence-corrected chi connectivity index (χ4v) is 1.98. The molecule has 1 atom stereocenters. The maximum Gasteiger partial charge on any atom is 0.124 e. The van der Waals surface area contributed by atoms with Crippen molar-refractivity contribution in [2.24, 2.45) is 0 Å². The summed E-state index contributed by atoms with van der Waals surface area (Å²) in [5.41, 5.74) is 0.920. The van der Waals surface area contributed by atoms with Crippen molar-refractivity contribution in [2.75, 3.05) is 6.54 Å². The van der Waals surface area contributed by atoms with Crippen LogP contribution in [0.3, 0.4) is 0 Å². The number of halogens is 2. The zero-order valence-electron chi connectivity index (χ0n) is 9.34. The fraction of sp³-hybridized carbons (Fsp3) is 0.500. The van der Waals surface area contributed by atoms with Crippen molar-refractivity contribution in [3.63, 3.8) is 0 Å². The van der Waals surface area contributed by atoms with Crippen molar-refractivity contribution >= 4 is 15.9 Å². The van der Waals surface area contributed by atoms with Crippen molar-refractivity contribution in [3.8, 4) is 0 Å². The second kappa shape index (κ2) is 6.99. The van der Waals surface area contributed by atoms with E-state index in [4.69, 9.17) is 5.11 Å². The lowest BCUT2D eigenvalue weighted by Gasteiger charge is -2.07. The van der Waals surface area contributed by atoms with E-state index in [-0.39, 0.29) is 11.9 Å². The summed E-state index contributed by atoms with van der Waals surface area (Å²) in [6, 6.07) is 4.86. The van der Waals surface area contributed by atoms with E-state index in [1.807, 2.05) is 6.07 Å². The Balaban J connectivity index is 2.26. The predicted octanol–water partition coefficient (Wildman–Crippen LogP) is 2.84. The maximum atomic E-state index is 13.0. The molecule has 2 N–H and O–H groups in total. The van der Waals surface area contributed by atoms with E-state index < -0.39 is 0 Å². The second-order valence-corrected chi connectivity index (χ2v) is 4.86. The molecule has 0 fully saturated rings. The van der Waals surface area contributed by atoms with E-state index in [1.54, 1.807) is 6.92 Å². The Morgan fingerprint density at radius 3 is 2.81 bits per heavy atom. The highest BCUT2D eigenvalue weighted by molar-refractivity contribution is 9.10. The molecule has 2 nitrogen and oxygen atoms in total. The highest BCUT2D eigenvalue weighted by Gasteiger charge is 1.99. The van der Waals surface area contributed by atoms with Gasteiger partial charge in [0.2, 0.25) is 0 Å². The first-order chi connectivity index (χ1) is 7.58. The molecule has 16 heavy (non-hydrogen) atoms. The van der Waals surface area contributed by atoms with E-state index in [0.717, 1.165) is 29.4 Å². The van der Waals surface area contributed by atoms with E-state index in [0.29, 0.717) is 6.54 Å². The van der Waals surface area contributed by atoms with Crippen LogP contribution in [-0.4, -0.2) is 17.8 Å². The van der Waals surface area contributed by atoms with Gasteiger partial charge in [0.15, 0.2) is 0 Å². The summed E-state index contributed by atoms with van der Waals surface area (Å²) in [4.78, 5) is 0. The quantitative estimate of drug-likeness (QED) is 0.790. The smallest absolute Gasteiger partial charge is 0.124 e. The highest BCUT2D eigenvalue weighted by atomic mass is 79.9. The molecule has 0 aliphatic rings. The van der Waals surface area contributed by atoms with Crippen molar-refractivity contribution < 1.29 is 9.50 Å². The number of hydrogen-bond donors (Lipinski definition) is 2. The van der Waals surface area contributed by atoms with Crippen LogP contribution in [0.15, 0.2) is 22.7 Å². The summed E-state index contributed by atoms with van der Waals surface area (Å²) in [7, 11) is 0. The SMILES string of the molecule is CC(O)CCCNCc1cc(F)cc(Br)c1. The molecule has 0 bridgehead atoms. The minimum absolute atomic E-state index is 0.227. The van der Waals surface area contributed by atoms with Crippen LogP contribution >= 0.6 is 15.9 Å². The maximum absolute atomic E-state index is 13.0. The molecule has 0 saturated heterocycles. The molecule has 0 aliphatic carbocycles. The minimum Gasteiger partial charge on any atom is -0.393 e. The molecule has 0 aromatic heterocycles. The van der Waals surface area contributed by atoms with Gasteiger partial charge in [-0.15, -0.1) is 0 Å². The molecular weight excluding hydrogens is 273 g/mol. The van der Waals surface area contributed by atoms with Gasteiger partial charge >= 0.3 is 0 Å². The fourth-order valence-electron chi connectivity index (χ4n) is 1.47. The molecule has 0 heterocycles. The van der Waals surface area contributed by atoms with Gasteiger partial charge in [0.1, 0.15) is 5.82 Å². The monoisotopic (exact) mass is 289 g/mol. The summed E-state index contributed by atoms with van der Waals surface area (Å²) >= 11 is 3.25. The molecule has 0 radical (unpaired) electrons.